The van der Waals surface area contributed by atoms with Crippen molar-refractivity contribution in [1.29, 1.82) is 5.26 Å². The van der Waals surface area contributed by atoms with Gasteiger partial charge in [0.25, 0.3) is 0 Å². The van der Waals surface area contributed by atoms with E-state index in [4.69, 9.17) is 5.26 Å². The van der Waals surface area contributed by atoms with Crippen molar-refractivity contribution in [3.8, 4) is 6.07 Å². The lowest BCUT2D eigenvalue weighted by Crippen LogP contribution is -2.08. The molecule has 0 saturated heterocycles. The average molecular weight is 139 g/mol. The van der Waals surface area contributed by atoms with Crippen LogP contribution in [0.5, 0.6) is 0 Å². The van der Waals surface area contributed by atoms with Gasteiger partial charge in [0.05, 0.1) is 17.7 Å². The Morgan fingerprint density at radius 1 is 1.60 bits per heavy atom. The molecule has 2 heteroatoms. The van der Waals surface area contributed by atoms with Crippen LogP contribution < -0.4 is 0 Å². The molecular formula is C8H13NO. The van der Waals surface area contributed by atoms with Crippen LogP contribution in [0.25, 0.3) is 0 Å². The van der Waals surface area contributed by atoms with E-state index in [1.54, 1.807) is 0 Å². The molecule has 0 aromatic rings. The van der Waals surface area contributed by atoms with E-state index in [2.05, 4.69) is 0 Å². The summed E-state index contributed by atoms with van der Waals surface area (Å²) in [5.74, 6) is 0. The van der Waals surface area contributed by atoms with E-state index < -0.39 is 6.10 Å². The van der Waals surface area contributed by atoms with E-state index in [0.29, 0.717) is 12.0 Å². The lowest BCUT2D eigenvalue weighted by molar-refractivity contribution is 0.210. The number of aliphatic hydroxyl groups excluding tert-OH is 1. The van der Waals surface area contributed by atoms with Crippen molar-refractivity contribution in [1.82, 2.24) is 0 Å². The Hall–Kier alpha value is -0.810. The molecule has 56 valence electrons. The molecule has 0 rings (SSSR count). The van der Waals surface area contributed by atoms with Crippen LogP contribution in [0, 0.1) is 11.3 Å². The maximum Gasteiger partial charge on any atom is 0.0973 e. The molecule has 0 saturated carbocycles. The SMILES string of the molecule is CCC(O)C(C#N)=C(C)C. The minimum atomic E-state index is -0.574. The van der Waals surface area contributed by atoms with Crippen molar-refractivity contribution < 1.29 is 5.11 Å². The number of aliphatic hydroxyl groups is 1. The number of rotatable bonds is 2. The van der Waals surface area contributed by atoms with E-state index in [-0.39, 0.29) is 0 Å². The molecule has 0 aliphatic carbocycles. The van der Waals surface area contributed by atoms with Gasteiger partial charge >= 0.3 is 0 Å². The van der Waals surface area contributed by atoms with Gasteiger partial charge in [-0.05, 0) is 20.3 Å². The van der Waals surface area contributed by atoms with Crippen LogP contribution in [0.2, 0.25) is 0 Å². The molecule has 0 aliphatic heterocycles. The standard InChI is InChI=1S/C8H13NO/c1-4-8(10)7(5-9)6(2)3/h8,10H,4H2,1-3H3. The zero-order valence-electron chi connectivity index (χ0n) is 6.68. The fraction of sp³-hybridized carbons (Fsp3) is 0.625. The first kappa shape index (κ1) is 9.19. The highest BCUT2D eigenvalue weighted by Gasteiger charge is 2.07. The van der Waals surface area contributed by atoms with Crippen molar-refractivity contribution in [3.63, 3.8) is 0 Å². The fourth-order valence-electron chi connectivity index (χ4n) is 0.724. The minimum Gasteiger partial charge on any atom is -0.388 e. The Morgan fingerprint density at radius 2 is 2.10 bits per heavy atom. The van der Waals surface area contributed by atoms with Crippen molar-refractivity contribution in [2.45, 2.75) is 33.3 Å². The van der Waals surface area contributed by atoms with Crippen LogP contribution in [0.4, 0.5) is 0 Å². The van der Waals surface area contributed by atoms with Crippen LogP contribution in [-0.4, -0.2) is 11.2 Å². The normalized spacial score (nSPS) is 11.9. The number of hydrogen-bond donors (Lipinski definition) is 1. The first-order chi connectivity index (χ1) is 4.63. The molecule has 0 heterocycles. The number of nitriles is 1. The van der Waals surface area contributed by atoms with Crippen molar-refractivity contribution >= 4 is 0 Å². The van der Waals surface area contributed by atoms with Gasteiger partial charge in [-0.15, -0.1) is 0 Å². The average Bonchev–Trinajstić information content (AvgIpc) is 1.88. The summed E-state index contributed by atoms with van der Waals surface area (Å²) in [5.41, 5.74) is 1.40. The molecule has 10 heavy (non-hydrogen) atoms. The molecule has 1 atom stereocenters. The van der Waals surface area contributed by atoms with Gasteiger partial charge in [-0.3, -0.25) is 0 Å². The number of allylic oxidation sites excluding steroid dienone is 1. The smallest absolute Gasteiger partial charge is 0.0973 e. The van der Waals surface area contributed by atoms with Gasteiger partial charge in [-0.25, -0.2) is 0 Å². The zero-order chi connectivity index (χ0) is 8.15. The van der Waals surface area contributed by atoms with E-state index in [9.17, 15) is 5.11 Å². The fourth-order valence-corrected chi connectivity index (χ4v) is 0.724. The Balaban J connectivity index is 4.41. The lowest BCUT2D eigenvalue weighted by Gasteiger charge is -2.06. The molecule has 1 N–H and O–H groups in total. The third-order valence-corrected chi connectivity index (χ3v) is 1.38. The first-order valence-electron chi connectivity index (χ1n) is 3.39. The van der Waals surface area contributed by atoms with Crippen LogP contribution >= 0.6 is 0 Å². The molecule has 2 nitrogen and oxygen atoms in total. The Labute approximate surface area is 61.8 Å². The summed E-state index contributed by atoms with van der Waals surface area (Å²) in [4.78, 5) is 0. The predicted molar refractivity (Wildman–Crippen MR) is 40.3 cm³/mol. The van der Waals surface area contributed by atoms with Gasteiger partial charge in [0.2, 0.25) is 0 Å². The van der Waals surface area contributed by atoms with Crippen molar-refractivity contribution in [3.05, 3.63) is 11.1 Å². The number of nitrogens with zero attached hydrogens (tertiary/aromatic N) is 1. The third-order valence-electron chi connectivity index (χ3n) is 1.38. The van der Waals surface area contributed by atoms with Gasteiger partial charge in [-0.1, -0.05) is 12.5 Å². The second-order valence-corrected chi connectivity index (χ2v) is 2.45. The maximum absolute atomic E-state index is 9.21. The highest BCUT2D eigenvalue weighted by Crippen LogP contribution is 2.09. The molecular weight excluding hydrogens is 126 g/mol. The monoisotopic (exact) mass is 139 g/mol. The Kier molecular flexibility index (Phi) is 3.75. The third kappa shape index (κ3) is 2.20. The zero-order valence-corrected chi connectivity index (χ0v) is 6.68. The second kappa shape index (κ2) is 4.08. The van der Waals surface area contributed by atoms with Crippen molar-refractivity contribution in [2.24, 2.45) is 0 Å². The number of hydrogen-bond acceptors (Lipinski definition) is 2. The molecule has 0 radical (unpaired) electrons. The summed E-state index contributed by atoms with van der Waals surface area (Å²) in [6.07, 6.45) is 0.0312. The molecule has 0 aliphatic rings. The van der Waals surface area contributed by atoms with E-state index >= 15 is 0 Å². The molecule has 0 aromatic heterocycles. The topological polar surface area (TPSA) is 44.0 Å². The van der Waals surface area contributed by atoms with Crippen LogP contribution in [0.15, 0.2) is 11.1 Å². The summed E-state index contributed by atoms with van der Waals surface area (Å²) in [6.45, 7) is 5.51. The largest absolute Gasteiger partial charge is 0.388 e. The van der Waals surface area contributed by atoms with Gasteiger partial charge in [-0.2, -0.15) is 5.26 Å². The van der Waals surface area contributed by atoms with Crippen molar-refractivity contribution in [2.75, 3.05) is 0 Å². The van der Waals surface area contributed by atoms with Crippen LogP contribution in [0.1, 0.15) is 27.2 Å². The van der Waals surface area contributed by atoms with Gasteiger partial charge in [0.1, 0.15) is 0 Å². The molecule has 0 bridgehead atoms. The lowest BCUT2D eigenvalue weighted by atomic mass is 10.0. The molecule has 0 aromatic carbocycles. The summed E-state index contributed by atoms with van der Waals surface area (Å²) >= 11 is 0. The summed E-state index contributed by atoms with van der Waals surface area (Å²) < 4.78 is 0. The van der Waals surface area contributed by atoms with E-state index in [0.717, 1.165) is 5.57 Å². The minimum absolute atomic E-state index is 0.502. The van der Waals surface area contributed by atoms with Crippen LogP contribution in [0.3, 0.4) is 0 Å². The summed E-state index contributed by atoms with van der Waals surface area (Å²) in [6, 6.07) is 1.98. The predicted octanol–water partition coefficient (Wildman–Crippen LogP) is 1.62. The Bertz CT molecular complexity index is 172. The highest BCUT2D eigenvalue weighted by atomic mass is 16.3. The molecule has 0 spiro atoms. The highest BCUT2D eigenvalue weighted by molar-refractivity contribution is 5.28. The van der Waals surface area contributed by atoms with E-state index in [1.807, 2.05) is 26.8 Å². The quantitative estimate of drug-likeness (QED) is 0.591. The van der Waals surface area contributed by atoms with Gasteiger partial charge in [0, 0.05) is 0 Å². The molecule has 0 amide bonds. The Morgan fingerprint density at radius 3 is 2.20 bits per heavy atom. The van der Waals surface area contributed by atoms with Gasteiger partial charge in [0.15, 0.2) is 0 Å². The van der Waals surface area contributed by atoms with Gasteiger partial charge < -0.3 is 5.11 Å². The summed E-state index contributed by atoms with van der Waals surface area (Å²) in [5, 5.41) is 17.7. The first-order valence-corrected chi connectivity index (χ1v) is 3.39. The van der Waals surface area contributed by atoms with Crippen LogP contribution in [-0.2, 0) is 0 Å². The second-order valence-electron chi connectivity index (χ2n) is 2.45. The molecule has 0 fully saturated rings. The maximum atomic E-state index is 9.21. The summed E-state index contributed by atoms with van der Waals surface area (Å²) in [7, 11) is 0. The van der Waals surface area contributed by atoms with E-state index in [1.165, 1.54) is 0 Å². The molecule has 1 unspecified atom stereocenters.